The fraction of sp³-hybridized carbons (Fsp3) is 0.591. The Kier molecular flexibility index (Phi) is 5.12. The molecule has 1 aliphatic carbocycles. The number of hydrogen-bond acceptors (Lipinski definition) is 5. The third kappa shape index (κ3) is 3.83. The fourth-order valence-corrected chi connectivity index (χ4v) is 4.74. The first-order chi connectivity index (χ1) is 13.8. The van der Waals surface area contributed by atoms with E-state index in [0.717, 1.165) is 42.4 Å². The molecule has 0 spiro atoms. The zero-order valence-electron chi connectivity index (χ0n) is 16.5. The van der Waals surface area contributed by atoms with Gasteiger partial charge in [-0.3, -0.25) is 0 Å². The molecule has 1 saturated carbocycles. The van der Waals surface area contributed by atoms with Crippen LogP contribution < -0.4 is 0 Å². The van der Waals surface area contributed by atoms with Crippen LogP contribution in [0.15, 0.2) is 29.0 Å². The zero-order chi connectivity index (χ0) is 18.8. The van der Waals surface area contributed by atoms with Gasteiger partial charge in [-0.1, -0.05) is 30.8 Å². The summed E-state index contributed by atoms with van der Waals surface area (Å²) in [5.41, 5.74) is 3.15. The third-order valence-electron chi connectivity index (χ3n) is 6.44. The average Bonchev–Trinajstić information content (AvgIpc) is 3.52. The maximum absolute atomic E-state index is 5.50. The van der Waals surface area contributed by atoms with Gasteiger partial charge < -0.3 is 14.0 Å². The summed E-state index contributed by atoms with van der Waals surface area (Å²) in [6.45, 7) is 4.56. The van der Waals surface area contributed by atoms with E-state index in [2.05, 4.69) is 42.8 Å². The lowest BCUT2D eigenvalue weighted by Gasteiger charge is -2.14. The molecule has 0 unspecified atom stereocenters. The molecule has 3 aromatic rings. The number of likely N-dealkylation sites (tertiary alicyclic amines) is 1. The van der Waals surface area contributed by atoms with Crippen molar-refractivity contribution in [1.82, 2.24) is 24.6 Å². The molecular weight excluding hydrogens is 350 g/mol. The molecule has 148 valence electrons. The highest BCUT2D eigenvalue weighted by molar-refractivity contribution is 5.80. The summed E-state index contributed by atoms with van der Waals surface area (Å²) < 4.78 is 7.75. The van der Waals surface area contributed by atoms with Gasteiger partial charge in [-0.15, -0.1) is 0 Å². The second-order valence-corrected chi connectivity index (χ2v) is 8.39. The highest BCUT2D eigenvalue weighted by Gasteiger charge is 2.17. The first kappa shape index (κ1) is 17.9. The molecule has 0 amide bonds. The number of aromatic nitrogens is 4. The Labute approximate surface area is 165 Å². The highest BCUT2D eigenvalue weighted by Crippen LogP contribution is 2.29. The van der Waals surface area contributed by atoms with Crippen molar-refractivity contribution >= 4 is 11.0 Å². The van der Waals surface area contributed by atoms with Crippen LogP contribution in [0.25, 0.3) is 22.4 Å². The molecule has 1 aliphatic heterocycles. The van der Waals surface area contributed by atoms with Crippen LogP contribution in [0, 0.1) is 5.92 Å². The number of nitrogens with zero attached hydrogens (tertiary/aromatic N) is 5. The van der Waals surface area contributed by atoms with Gasteiger partial charge in [-0.05, 0) is 56.5 Å². The van der Waals surface area contributed by atoms with Crippen LogP contribution in [0.5, 0.6) is 0 Å². The van der Waals surface area contributed by atoms with Crippen molar-refractivity contribution in [3.05, 3.63) is 30.4 Å². The molecule has 2 aliphatic rings. The van der Waals surface area contributed by atoms with Gasteiger partial charge in [-0.2, -0.15) is 4.98 Å². The van der Waals surface area contributed by atoms with Gasteiger partial charge >= 0.3 is 0 Å². The van der Waals surface area contributed by atoms with Crippen molar-refractivity contribution in [3.63, 3.8) is 0 Å². The molecule has 6 heteroatoms. The van der Waals surface area contributed by atoms with Crippen molar-refractivity contribution in [2.75, 3.05) is 19.6 Å². The van der Waals surface area contributed by atoms with E-state index in [9.17, 15) is 0 Å². The van der Waals surface area contributed by atoms with Gasteiger partial charge in [-0.25, -0.2) is 4.98 Å². The Morgan fingerprint density at radius 2 is 1.89 bits per heavy atom. The van der Waals surface area contributed by atoms with Crippen LogP contribution in [0.3, 0.4) is 0 Å². The minimum Gasteiger partial charge on any atom is -0.339 e. The summed E-state index contributed by atoms with van der Waals surface area (Å²) >= 11 is 0. The SMILES string of the molecule is c1cc2c(cc1-c1noc(CCC3CCCC3)n1)ncn2CCN1CCCC1. The number of rotatable bonds is 7. The first-order valence-electron chi connectivity index (χ1n) is 10.9. The first-order valence-corrected chi connectivity index (χ1v) is 10.9. The van der Waals surface area contributed by atoms with E-state index in [1.165, 1.54) is 63.6 Å². The van der Waals surface area contributed by atoms with Crippen LogP contribution >= 0.6 is 0 Å². The maximum atomic E-state index is 5.50. The van der Waals surface area contributed by atoms with Crippen LogP contribution in [0.1, 0.15) is 50.8 Å². The zero-order valence-corrected chi connectivity index (χ0v) is 16.5. The van der Waals surface area contributed by atoms with Crippen molar-refractivity contribution in [2.24, 2.45) is 5.92 Å². The monoisotopic (exact) mass is 379 g/mol. The summed E-state index contributed by atoms with van der Waals surface area (Å²) in [7, 11) is 0. The summed E-state index contributed by atoms with van der Waals surface area (Å²) in [5, 5.41) is 4.21. The summed E-state index contributed by atoms with van der Waals surface area (Å²) in [6, 6.07) is 6.30. The van der Waals surface area contributed by atoms with Crippen LogP contribution in [-0.4, -0.2) is 44.2 Å². The largest absolute Gasteiger partial charge is 0.339 e. The van der Waals surface area contributed by atoms with Gasteiger partial charge in [0.2, 0.25) is 11.7 Å². The average molecular weight is 380 g/mol. The number of imidazole rings is 1. The maximum Gasteiger partial charge on any atom is 0.226 e. The molecule has 3 heterocycles. The molecule has 6 nitrogen and oxygen atoms in total. The predicted molar refractivity (Wildman–Crippen MR) is 109 cm³/mol. The standard InChI is InChI=1S/C22H29N5O/c1-2-6-17(5-1)7-10-21-24-22(25-28-21)18-8-9-20-19(15-18)23-16-27(20)14-13-26-11-3-4-12-26/h8-9,15-17H,1-7,10-14H2. The molecule has 5 rings (SSSR count). The molecule has 2 fully saturated rings. The minimum absolute atomic E-state index is 0.676. The van der Waals surface area contributed by atoms with Gasteiger partial charge in [0.15, 0.2) is 0 Å². The highest BCUT2D eigenvalue weighted by atomic mass is 16.5. The molecule has 1 saturated heterocycles. The van der Waals surface area contributed by atoms with Crippen LogP contribution in [0.2, 0.25) is 0 Å². The molecule has 1 aromatic carbocycles. The van der Waals surface area contributed by atoms with Crippen molar-refractivity contribution in [3.8, 4) is 11.4 Å². The quantitative estimate of drug-likeness (QED) is 0.612. The lowest BCUT2D eigenvalue weighted by Crippen LogP contribution is -2.23. The van der Waals surface area contributed by atoms with E-state index >= 15 is 0 Å². The summed E-state index contributed by atoms with van der Waals surface area (Å²) in [4.78, 5) is 11.8. The lowest BCUT2D eigenvalue weighted by atomic mass is 10.0. The van der Waals surface area contributed by atoms with E-state index in [4.69, 9.17) is 4.52 Å². The van der Waals surface area contributed by atoms with Gasteiger partial charge in [0, 0.05) is 25.1 Å². The second kappa shape index (κ2) is 8.03. The summed E-state index contributed by atoms with van der Waals surface area (Å²) in [5.74, 6) is 2.28. The molecule has 28 heavy (non-hydrogen) atoms. The number of fused-ring (bicyclic) bond motifs is 1. The normalized spacial score (nSPS) is 18.6. The summed E-state index contributed by atoms with van der Waals surface area (Å²) in [6.07, 6.45) is 12.2. The van der Waals surface area contributed by atoms with Gasteiger partial charge in [0.05, 0.1) is 17.4 Å². The van der Waals surface area contributed by atoms with Crippen molar-refractivity contribution in [2.45, 2.75) is 57.9 Å². The molecule has 0 N–H and O–H groups in total. The van der Waals surface area contributed by atoms with Crippen LogP contribution in [0.4, 0.5) is 0 Å². The smallest absolute Gasteiger partial charge is 0.226 e. The third-order valence-corrected chi connectivity index (χ3v) is 6.44. The Morgan fingerprint density at radius 1 is 1.04 bits per heavy atom. The molecule has 0 radical (unpaired) electrons. The second-order valence-electron chi connectivity index (χ2n) is 8.39. The number of benzene rings is 1. The predicted octanol–water partition coefficient (Wildman–Crippen LogP) is 4.30. The molecular formula is C22H29N5O. The Morgan fingerprint density at radius 3 is 2.75 bits per heavy atom. The molecule has 0 atom stereocenters. The van der Waals surface area contributed by atoms with Crippen molar-refractivity contribution in [1.29, 1.82) is 0 Å². The fourth-order valence-electron chi connectivity index (χ4n) is 4.74. The Bertz CT molecular complexity index is 918. The Balaban J connectivity index is 1.26. The van der Waals surface area contributed by atoms with Crippen molar-refractivity contribution < 1.29 is 4.52 Å². The lowest BCUT2D eigenvalue weighted by molar-refractivity contribution is 0.324. The van der Waals surface area contributed by atoms with Gasteiger partial charge in [0.1, 0.15) is 0 Å². The van der Waals surface area contributed by atoms with E-state index in [1.807, 2.05) is 6.33 Å². The van der Waals surface area contributed by atoms with E-state index < -0.39 is 0 Å². The topological polar surface area (TPSA) is 60.0 Å². The van der Waals surface area contributed by atoms with Crippen LogP contribution in [-0.2, 0) is 13.0 Å². The van der Waals surface area contributed by atoms with Gasteiger partial charge in [0.25, 0.3) is 0 Å². The van der Waals surface area contributed by atoms with E-state index in [1.54, 1.807) is 0 Å². The number of hydrogen-bond donors (Lipinski definition) is 0. The number of aryl methyl sites for hydroxylation is 1. The Hall–Kier alpha value is -2.21. The molecule has 2 aromatic heterocycles. The minimum atomic E-state index is 0.676. The van der Waals surface area contributed by atoms with E-state index in [-0.39, 0.29) is 0 Å². The van der Waals surface area contributed by atoms with E-state index in [0.29, 0.717) is 5.82 Å². The molecule has 0 bridgehead atoms.